The van der Waals surface area contributed by atoms with Crippen molar-refractivity contribution in [2.45, 2.75) is 20.1 Å². The van der Waals surface area contributed by atoms with Gasteiger partial charge in [-0.1, -0.05) is 30.3 Å². The molecule has 168 valence electrons. The Hall–Kier alpha value is -3.71. The van der Waals surface area contributed by atoms with Crippen LogP contribution in [-0.2, 0) is 13.2 Å². The number of amides is 2. The molecule has 0 saturated carbocycles. The zero-order chi connectivity index (χ0) is 22.9. The average molecular weight is 436 g/mol. The summed E-state index contributed by atoms with van der Waals surface area (Å²) < 4.78 is 17.2. The number of nitrogens with one attached hydrogen (secondary N) is 2. The van der Waals surface area contributed by atoms with Crippen LogP contribution in [0, 0.1) is 6.92 Å². The minimum atomic E-state index is -0.257. The summed E-state index contributed by atoms with van der Waals surface area (Å²) in [4.78, 5) is 12.2. The Labute approximate surface area is 188 Å². The Balaban J connectivity index is 1.65. The van der Waals surface area contributed by atoms with Gasteiger partial charge in [-0.05, 0) is 48.4 Å². The van der Waals surface area contributed by atoms with E-state index < -0.39 is 0 Å². The molecule has 0 radical (unpaired) electrons. The molecule has 0 aliphatic carbocycles. The molecule has 32 heavy (non-hydrogen) atoms. The highest BCUT2D eigenvalue weighted by molar-refractivity contribution is 5.89. The molecule has 7 heteroatoms. The van der Waals surface area contributed by atoms with Gasteiger partial charge in [-0.15, -0.1) is 0 Å². The number of carbonyl (C=O) groups is 1. The van der Waals surface area contributed by atoms with E-state index in [-0.39, 0.29) is 6.03 Å². The number of hydrogen-bond acceptors (Lipinski definition) is 5. The van der Waals surface area contributed by atoms with Crippen molar-refractivity contribution in [1.29, 1.82) is 0 Å². The Bertz CT molecular complexity index is 1050. The van der Waals surface area contributed by atoms with Gasteiger partial charge in [-0.2, -0.15) is 0 Å². The topological polar surface area (TPSA) is 72.1 Å². The van der Waals surface area contributed by atoms with Gasteiger partial charge in [-0.3, -0.25) is 5.01 Å². The van der Waals surface area contributed by atoms with Gasteiger partial charge in [0, 0.05) is 31.4 Å². The predicted molar refractivity (Wildman–Crippen MR) is 125 cm³/mol. The van der Waals surface area contributed by atoms with Crippen molar-refractivity contribution in [2.24, 2.45) is 0 Å². The van der Waals surface area contributed by atoms with Crippen LogP contribution in [0.2, 0.25) is 0 Å². The fraction of sp³-hybridized carbons (Fsp3) is 0.240. The molecule has 7 nitrogen and oxygen atoms in total. The number of anilines is 1. The Morgan fingerprint density at radius 3 is 2.28 bits per heavy atom. The van der Waals surface area contributed by atoms with Crippen LogP contribution >= 0.6 is 0 Å². The maximum atomic E-state index is 12.2. The summed E-state index contributed by atoms with van der Waals surface area (Å²) in [5.41, 5.74) is 6.45. The first-order valence-electron chi connectivity index (χ1n) is 10.3. The average Bonchev–Trinajstić information content (AvgIpc) is 2.82. The minimum absolute atomic E-state index is 0.257. The van der Waals surface area contributed by atoms with E-state index in [1.54, 1.807) is 21.2 Å². The first kappa shape index (κ1) is 23.0. The molecule has 0 fully saturated rings. The molecule has 3 rings (SSSR count). The van der Waals surface area contributed by atoms with E-state index in [4.69, 9.17) is 14.2 Å². The third kappa shape index (κ3) is 6.15. The summed E-state index contributed by atoms with van der Waals surface area (Å²) in [6.45, 7) is 2.72. The van der Waals surface area contributed by atoms with E-state index in [9.17, 15) is 4.79 Å². The summed E-state index contributed by atoms with van der Waals surface area (Å²) in [7, 11) is 4.98. The van der Waals surface area contributed by atoms with Crippen LogP contribution in [0.25, 0.3) is 0 Å². The van der Waals surface area contributed by atoms with Crippen molar-refractivity contribution in [3.05, 3.63) is 83.4 Å². The second kappa shape index (κ2) is 11.1. The lowest BCUT2D eigenvalue weighted by atomic mass is 10.1. The maximum Gasteiger partial charge on any atom is 0.335 e. The Morgan fingerprint density at radius 2 is 1.56 bits per heavy atom. The quantitative estimate of drug-likeness (QED) is 0.474. The highest BCUT2D eigenvalue weighted by atomic mass is 16.5. The number of nitrogens with zero attached hydrogens (tertiary/aromatic N) is 1. The van der Waals surface area contributed by atoms with Crippen LogP contribution in [-0.4, -0.2) is 32.2 Å². The van der Waals surface area contributed by atoms with Crippen LogP contribution < -0.4 is 25.0 Å². The smallest absolute Gasteiger partial charge is 0.335 e. The zero-order valence-electron chi connectivity index (χ0n) is 18.8. The molecule has 0 aliphatic rings. The number of aryl methyl sites for hydroxylation is 1. The molecule has 0 unspecified atom stereocenters. The lowest BCUT2D eigenvalue weighted by molar-refractivity contribution is 0.207. The third-order valence-electron chi connectivity index (χ3n) is 5.02. The van der Waals surface area contributed by atoms with Crippen molar-refractivity contribution >= 4 is 11.7 Å². The van der Waals surface area contributed by atoms with Gasteiger partial charge >= 0.3 is 6.03 Å². The zero-order valence-corrected chi connectivity index (χ0v) is 18.8. The van der Waals surface area contributed by atoms with Gasteiger partial charge in [0.05, 0.1) is 7.11 Å². The second-order valence-electron chi connectivity index (χ2n) is 7.22. The van der Waals surface area contributed by atoms with Crippen LogP contribution in [0.5, 0.6) is 17.2 Å². The fourth-order valence-corrected chi connectivity index (χ4v) is 3.05. The van der Waals surface area contributed by atoms with Crippen molar-refractivity contribution in [2.75, 3.05) is 26.5 Å². The molecular formula is C25H29N3O4. The Kier molecular flexibility index (Phi) is 7.94. The molecule has 0 aliphatic heterocycles. The normalized spacial score (nSPS) is 10.4. The number of ether oxygens (including phenoxy) is 3. The molecule has 2 amide bonds. The van der Waals surface area contributed by atoms with Crippen LogP contribution in [0.3, 0.4) is 0 Å². The van der Waals surface area contributed by atoms with Crippen LogP contribution in [0.4, 0.5) is 10.5 Å². The van der Waals surface area contributed by atoms with Crippen molar-refractivity contribution in [3.63, 3.8) is 0 Å². The van der Waals surface area contributed by atoms with Gasteiger partial charge in [0.15, 0.2) is 0 Å². The number of carbonyl (C=O) groups excluding carboxylic acids is 1. The number of hydrazine groups is 1. The summed E-state index contributed by atoms with van der Waals surface area (Å²) in [5, 5.41) is 4.28. The van der Waals surface area contributed by atoms with E-state index in [0.29, 0.717) is 30.4 Å². The SMILES string of the molecule is CNN(C)C(=O)Nc1cccc(C)c1COc1cccc(OCc2cccc(OC)c2)c1. The van der Waals surface area contributed by atoms with Gasteiger partial charge in [0.1, 0.15) is 30.5 Å². The summed E-state index contributed by atoms with van der Waals surface area (Å²) >= 11 is 0. The molecular weight excluding hydrogens is 406 g/mol. The van der Waals surface area contributed by atoms with E-state index >= 15 is 0 Å². The third-order valence-corrected chi connectivity index (χ3v) is 5.02. The first-order chi connectivity index (χ1) is 15.5. The first-order valence-corrected chi connectivity index (χ1v) is 10.3. The molecule has 2 N–H and O–H groups in total. The summed E-state index contributed by atoms with van der Waals surface area (Å²) in [5.74, 6) is 2.19. The molecule has 0 atom stereocenters. The van der Waals surface area contributed by atoms with Gasteiger partial charge in [-0.25, -0.2) is 10.2 Å². The summed E-state index contributed by atoms with van der Waals surface area (Å²) in [6.07, 6.45) is 0. The molecule has 0 spiro atoms. The van der Waals surface area contributed by atoms with Crippen LogP contribution in [0.15, 0.2) is 66.7 Å². The Morgan fingerprint density at radius 1 is 0.906 bits per heavy atom. The molecule has 0 saturated heterocycles. The second-order valence-corrected chi connectivity index (χ2v) is 7.22. The predicted octanol–water partition coefficient (Wildman–Crippen LogP) is 4.76. The van der Waals surface area contributed by atoms with E-state index in [1.807, 2.05) is 73.7 Å². The number of benzene rings is 3. The van der Waals surface area contributed by atoms with Gasteiger partial charge in [0.25, 0.3) is 0 Å². The summed E-state index contributed by atoms with van der Waals surface area (Å²) in [6, 6.07) is 20.8. The van der Waals surface area contributed by atoms with E-state index in [1.165, 1.54) is 5.01 Å². The number of methoxy groups -OCH3 is 1. The van der Waals surface area contributed by atoms with Gasteiger partial charge in [0.2, 0.25) is 0 Å². The van der Waals surface area contributed by atoms with E-state index in [2.05, 4.69) is 10.7 Å². The molecule has 3 aromatic rings. The molecule has 0 bridgehead atoms. The van der Waals surface area contributed by atoms with Gasteiger partial charge < -0.3 is 19.5 Å². The highest BCUT2D eigenvalue weighted by Crippen LogP contribution is 2.25. The highest BCUT2D eigenvalue weighted by Gasteiger charge is 2.12. The number of rotatable bonds is 9. The van der Waals surface area contributed by atoms with Crippen molar-refractivity contribution in [1.82, 2.24) is 10.4 Å². The molecule has 0 heterocycles. The minimum Gasteiger partial charge on any atom is -0.497 e. The van der Waals surface area contributed by atoms with Crippen molar-refractivity contribution < 1.29 is 19.0 Å². The largest absolute Gasteiger partial charge is 0.497 e. The molecule has 0 aromatic heterocycles. The molecule has 3 aromatic carbocycles. The van der Waals surface area contributed by atoms with Crippen molar-refractivity contribution in [3.8, 4) is 17.2 Å². The van der Waals surface area contributed by atoms with E-state index in [0.717, 1.165) is 22.4 Å². The fourth-order valence-electron chi connectivity index (χ4n) is 3.05. The number of urea groups is 1. The number of hydrogen-bond donors (Lipinski definition) is 2. The standard InChI is InChI=1S/C25H29N3O4/c1-18-8-5-13-24(27-25(29)28(3)26-2)23(18)17-32-22-12-7-11-21(15-22)31-16-19-9-6-10-20(14-19)30-4/h5-15,26H,16-17H2,1-4H3,(H,27,29). The maximum absolute atomic E-state index is 12.2. The lowest BCUT2D eigenvalue weighted by Gasteiger charge is -2.19. The van der Waals surface area contributed by atoms with Crippen LogP contribution in [0.1, 0.15) is 16.7 Å². The monoisotopic (exact) mass is 435 g/mol. The lowest BCUT2D eigenvalue weighted by Crippen LogP contribution is -2.40.